The standard InChI is InChI=1S/C16H18N2O3S.ClH/c1-17-6-7-18-16(19)15-5-4-14(22-15)11-2-3-12-13(10-11)21-9-8-20-12;/h2-5,10,17H,6-9H2,1H3,(H,18,19);1H. The lowest BCUT2D eigenvalue weighted by Gasteiger charge is -2.18. The summed E-state index contributed by atoms with van der Waals surface area (Å²) < 4.78 is 11.1. The molecule has 2 heterocycles. The summed E-state index contributed by atoms with van der Waals surface area (Å²) in [6, 6.07) is 9.68. The molecule has 124 valence electrons. The number of carbonyl (C=O) groups is 1. The zero-order chi connectivity index (χ0) is 15.4. The maximum Gasteiger partial charge on any atom is 0.261 e. The van der Waals surface area contributed by atoms with Crippen LogP contribution in [0.15, 0.2) is 30.3 Å². The molecule has 0 radical (unpaired) electrons. The van der Waals surface area contributed by atoms with E-state index >= 15 is 0 Å². The Morgan fingerprint density at radius 1 is 1.13 bits per heavy atom. The summed E-state index contributed by atoms with van der Waals surface area (Å²) in [5, 5.41) is 5.88. The van der Waals surface area contributed by atoms with Crippen LogP contribution in [0.1, 0.15) is 9.67 Å². The minimum absolute atomic E-state index is 0. The SMILES string of the molecule is CNCCNC(=O)c1ccc(-c2ccc3c(c2)OCCO3)s1.Cl. The molecule has 1 aliphatic rings. The van der Waals surface area contributed by atoms with Crippen molar-refractivity contribution in [3.05, 3.63) is 35.2 Å². The number of ether oxygens (including phenoxy) is 2. The molecule has 2 aromatic rings. The number of halogens is 1. The van der Waals surface area contributed by atoms with Crippen molar-refractivity contribution >= 4 is 29.7 Å². The molecule has 0 saturated heterocycles. The highest BCUT2D eigenvalue weighted by atomic mass is 35.5. The maximum absolute atomic E-state index is 12.0. The van der Waals surface area contributed by atoms with Gasteiger partial charge in [0.1, 0.15) is 13.2 Å². The third kappa shape index (κ3) is 4.16. The van der Waals surface area contributed by atoms with E-state index in [9.17, 15) is 4.79 Å². The van der Waals surface area contributed by atoms with Crippen molar-refractivity contribution in [1.29, 1.82) is 0 Å². The smallest absolute Gasteiger partial charge is 0.261 e. The van der Waals surface area contributed by atoms with Crippen molar-refractivity contribution in [3.63, 3.8) is 0 Å². The van der Waals surface area contributed by atoms with Crippen LogP contribution in [-0.2, 0) is 0 Å². The molecule has 23 heavy (non-hydrogen) atoms. The Morgan fingerprint density at radius 3 is 2.70 bits per heavy atom. The number of hydrogen-bond acceptors (Lipinski definition) is 5. The number of benzene rings is 1. The average Bonchev–Trinajstić information content (AvgIpc) is 3.04. The third-order valence-electron chi connectivity index (χ3n) is 3.32. The van der Waals surface area contributed by atoms with E-state index in [2.05, 4.69) is 10.6 Å². The molecule has 1 amide bonds. The zero-order valence-electron chi connectivity index (χ0n) is 12.8. The highest BCUT2D eigenvalue weighted by Crippen LogP contribution is 2.36. The monoisotopic (exact) mass is 354 g/mol. The lowest BCUT2D eigenvalue weighted by molar-refractivity contribution is 0.0958. The summed E-state index contributed by atoms with van der Waals surface area (Å²) in [5.41, 5.74) is 1.03. The Bertz CT molecular complexity index is 675. The van der Waals surface area contributed by atoms with E-state index in [4.69, 9.17) is 9.47 Å². The van der Waals surface area contributed by atoms with E-state index in [-0.39, 0.29) is 18.3 Å². The fourth-order valence-corrected chi connectivity index (χ4v) is 3.12. The van der Waals surface area contributed by atoms with E-state index in [0.717, 1.165) is 28.5 Å². The van der Waals surface area contributed by atoms with Gasteiger partial charge in [0.15, 0.2) is 11.5 Å². The third-order valence-corrected chi connectivity index (χ3v) is 4.45. The lowest BCUT2D eigenvalue weighted by Crippen LogP contribution is -2.29. The molecule has 0 saturated carbocycles. The number of rotatable bonds is 5. The van der Waals surface area contributed by atoms with Crippen molar-refractivity contribution in [3.8, 4) is 21.9 Å². The van der Waals surface area contributed by atoms with Crippen molar-refractivity contribution in [2.24, 2.45) is 0 Å². The summed E-state index contributed by atoms with van der Waals surface area (Å²) in [5.74, 6) is 1.50. The quantitative estimate of drug-likeness (QED) is 0.810. The van der Waals surface area contributed by atoms with Gasteiger partial charge in [-0.05, 0) is 42.9 Å². The molecule has 0 fully saturated rings. The molecule has 1 aromatic carbocycles. The first-order valence-corrected chi connectivity index (χ1v) is 8.02. The Balaban J connectivity index is 0.00000192. The van der Waals surface area contributed by atoms with Gasteiger partial charge < -0.3 is 20.1 Å². The molecule has 1 aromatic heterocycles. The summed E-state index contributed by atoms with van der Waals surface area (Å²) in [4.78, 5) is 13.8. The van der Waals surface area contributed by atoms with Crippen LogP contribution in [0.25, 0.3) is 10.4 Å². The van der Waals surface area contributed by atoms with Crippen LogP contribution in [0, 0.1) is 0 Å². The molecular weight excluding hydrogens is 336 g/mol. The van der Waals surface area contributed by atoms with E-state index in [1.165, 1.54) is 11.3 Å². The van der Waals surface area contributed by atoms with Gasteiger partial charge in [-0.15, -0.1) is 23.7 Å². The predicted octanol–water partition coefficient (Wildman–Crippen LogP) is 2.56. The summed E-state index contributed by atoms with van der Waals surface area (Å²) >= 11 is 1.47. The van der Waals surface area contributed by atoms with Crippen molar-refractivity contribution < 1.29 is 14.3 Å². The minimum atomic E-state index is -0.0379. The highest BCUT2D eigenvalue weighted by molar-refractivity contribution is 7.17. The van der Waals surface area contributed by atoms with Crippen LogP contribution in [0.2, 0.25) is 0 Å². The molecule has 7 heteroatoms. The molecule has 3 rings (SSSR count). The molecule has 5 nitrogen and oxygen atoms in total. The summed E-state index contributed by atoms with van der Waals surface area (Å²) in [7, 11) is 1.86. The van der Waals surface area contributed by atoms with Crippen LogP contribution in [0.4, 0.5) is 0 Å². The first kappa shape index (κ1) is 17.6. The van der Waals surface area contributed by atoms with Gasteiger partial charge in [-0.1, -0.05) is 0 Å². The van der Waals surface area contributed by atoms with Gasteiger partial charge in [-0.3, -0.25) is 4.79 Å². The van der Waals surface area contributed by atoms with Crippen molar-refractivity contribution in [1.82, 2.24) is 10.6 Å². The number of fused-ring (bicyclic) bond motifs is 1. The Labute approximate surface area is 145 Å². The largest absolute Gasteiger partial charge is 0.486 e. The number of amides is 1. The van der Waals surface area contributed by atoms with E-state index in [1.54, 1.807) is 0 Å². The highest BCUT2D eigenvalue weighted by Gasteiger charge is 2.14. The second-order valence-electron chi connectivity index (χ2n) is 4.88. The first-order chi connectivity index (χ1) is 10.8. The van der Waals surface area contributed by atoms with Gasteiger partial charge in [0, 0.05) is 18.0 Å². The maximum atomic E-state index is 12.0. The number of carbonyl (C=O) groups excluding carboxylic acids is 1. The fraction of sp³-hybridized carbons (Fsp3) is 0.312. The number of hydrogen-bond donors (Lipinski definition) is 2. The second kappa shape index (κ2) is 8.19. The Hall–Kier alpha value is -1.76. The Kier molecular flexibility index (Phi) is 6.27. The molecule has 2 N–H and O–H groups in total. The van der Waals surface area contributed by atoms with Crippen molar-refractivity contribution in [2.75, 3.05) is 33.4 Å². The molecule has 0 bridgehead atoms. The molecule has 0 atom stereocenters. The van der Waals surface area contributed by atoms with Gasteiger partial charge in [0.25, 0.3) is 5.91 Å². The Morgan fingerprint density at radius 2 is 1.91 bits per heavy atom. The van der Waals surface area contributed by atoms with Crippen LogP contribution in [0.3, 0.4) is 0 Å². The van der Waals surface area contributed by atoms with Gasteiger partial charge in [0.2, 0.25) is 0 Å². The van der Waals surface area contributed by atoms with Crippen molar-refractivity contribution in [2.45, 2.75) is 0 Å². The molecule has 1 aliphatic heterocycles. The van der Waals surface area contributed by atoms with Gasteiger partial charge in [-0.2, -0.15) is 0 Å². The number of likely N-dealkylation sites (N-methyl/N-ethyl adjacent to an activating group) is 1. The van der Waals surface area contributed by atoms with Gasteiger partial charge in [0.05, 0.1) is 4.88 Å². The first-order valence-electron chi connectivity index (χ1n) is 7.20. The summed E-state index contributed by atoms with van der Waals surface area (Å²) in [6.07, 6.45) is 0. The van der Waals surface area contributed by atoms with E-state index < -0.39 is 0 Å². The molecule has 0 aliphatic carbocycles. The lowest BCUT2D eigenvalue weighted by atomic mass is 10.1. The predicted molar refractivity (Wildman–Crippen MR) is 94.3 cm³/mol. The normalized spacial score (nSPS) is 12.4. The zero-order valence-corrected chi connectivity index (χ0v) is 14.4. The number of nitrogens with one attached hydrogen (secondary N) is 2. The van der Waals surface area contributed by atoms with Crippen LogP contribution in [-0.4, -0.2) is 39.3 Å². The van der Waals surface area contributed by atoms with Crippen LogP contribution >= 0.6 is 23.7 Å². The van der Waals surface area contributed by atoms with Crippen LogP contribution in [0.5, 0.6) is 11.5 Å². The molecule has 0 spiro atoms. The summed E-state index contributed by atoms with van der Waals surface area (Å²) in [6.45, 7) is 2.53. The molecular formula is C16H19ClN2O3S. The van der Waals surface area contributed by atoms with E-state index in [1.807, 2.05) is 37.4 Å². The molecule has 0 unspecified atom stereocenters. The van der Waals surface area contributed by atoms with Gasteiger partial charge in [-0.25, -0.2) is 0 Å². The second-order valence-corrected chi connectivity index (χ2v) is 5.97. The van der Waals surface area contributed by atoms with Gasteiger partial charge >= 0.3 is 0 Å². The number of thiophene rings is 1. The topological polar surface area (TPSA) is 59.6 Å². The minimum Gasteiger partial charge on any atom is -0.486 e. The average molecular weight is 355 g/mol. The van der Waals surface area contributed by atoms with Crippen LogP contribution < -0.4 is 20.1 Å². The van der Waals surface area contributed by atoms with E-state index in [0.29, 0.717) is 24.6 Å². The fourth-order valence-electron chi connectivity index (χ4n) is 2.20.